The van der Waals surface area contributed by atoms with Crippen molar-refractivity contribution in [3.05, 3.63) is 53.6 Å². The molecule has 1 nitrogen and oxygen atoms in total. The molecule has 0 aromatic heterocycles. The van der Waals surface area contributed by atoms with Gasteiger partial charge in [-0.2, -0.15) is 0 Å². The molecule has 0 N–H and O–H groups in total. The van der Waals surface area contributed by atoms with E-state index in [1.807, 2.05) is 52.2 Å². The molecule has 96 valence electrons. The van der Waals surface area contributed by atoms with Gasteiger partial charge in [-0.3, -0.25) is 0 Å². The van der Waals surface area contributed by atoms with Crippen LogP contribution in [0.5, 0.6) is 0 Å². The highest BCUT2D eigenvalue weighted by atomic mass is 35.5. The van der Waals surface area contributed by atoms with Crippen LogP contribution in [0.3, 0.4) is 0 Å². The Morgan fingerprint density at radius 1 is 0.833 bits per heavy atom. The van der Waals surface area contributed by atoms with E-state index in [9.17, 15) is 0 Å². The third kappa shape index (κ3) is 3.51. The van der Waals surface area contributed by atoms with Gasteiger partial charge in [0, 0.05) is 30.4 Å². The molecule has 0 unspecified atom stereocenters. The number of nitrogens with zero attached hydrogens (tertiary/aromatic N) is 1. The third-order valence-electron chi connectivity index (χ3n) is 2.57. The van der Waals surface area contributed by atoms with Gasteiger partial charge in [0.2, 0.25) is 0 Å². The number of halogens is 1. The molecule has 0 saturated carbocycles. The zero-order valence-electron chi connectivity index (χ0n) is 11.4. The quantitative estimate of drug-likeness (QED) is 0.727. The first-order valence-corrected chi connectivity index (χ1v) is 6.58. The molecule has 0 spiro atoms. The summed E-state index contributed by atoms with van der Waals surface area (Å²) in [6, 6.07) is 16.3. The van der Waals surface area contributed by atoms with Crippen LogP contribution in [0.25, 0.3) is 11.1 Å². The minimum Gasteiger partial charge on any atom is -0.378 e. The van der Waals surface area contributed by atoms with Gasteiger partial charge >= 0.3 is 0 Å². The van der Waals surface area contributed by atoms with Crippen molar-refractivity contribution in [2.45, 2.75) is 13.8 Å². The van der Waals surface area contributed by atoms with Crippen LogP contribution in [0, 0.1) is 0 Å². The highest BCUT2D eigenvalue weighted by Crippen LogP contribution is 2.28. The summed E-state index contributed by atoms with van der Waals surface area (Å²) in [6.07, 6.45) is 0. The van der Waals surface area contributed by atoms with Gasteiger partial charge in [-0.05, 0) is 23.8 Å². The van der Waals surface area contributed by atoms with E-state index in [4.69, 9.17) is 11.6 Å². The summed E-state index contributed by atoms with van der Waals surface area (Å²) >= 11 is 6.15. The number of rotatable bonds is 2. The van der Waals surface area contributed by atoms with Crippen molar-refractivity contribution in [3.63, 3.8) is 0 Å². The second-order valence-corrected chi connectivity index (χ2v) is 4.33. The van der Waals surface area contributed by atoms with Crippen molar-refractivity contribution in [2.75, 3.05) is 19.0 Å². The van der Waals surface area contributed by atoms with E-state index in [-0.39, 0.29) is 0 Å². The average Bonchev–Trinajstić information content (AvgIpc) is 2.42. The highest BCUT2D eigenvalue weighted by Gasteiger charge is 2.02. The monoisotopic (exact) mass is 261 g/mol. The fourth-order valence-electron chi connectivity index (χ4n) is 1.63. The molecular weight excluding hydrogens is 242 g/mol. The topological polar surface area (TPSA) is 3.24 Å². The molecule has 0 amide bonds. The molecule has 0 atom stereocenters. The molecule has 0 aliphatic carbocycles. The summed E-state index contributed by atoms with van der Waals surface area (Å²) in [5, 5.41) is 0.792. The predicted molar refractivity (Wildman–Crippen MR) is 82.6 cm³/mol. The van der Waals surface area contributed by atoms with Gasteiger partial charge in [-0.1, -0.05) is 55.8 Å². The summed E-state index contributed by atoms with van der Waals surface area (Å²) in [7, 11) is 4.06. The van der Waals surface area contributed by atoms with Crippen LogP contribution in [-0.2, 0) is 0 Å². The van der Waals surface area contributed by atoms with Gasteiger partial charge in [0.15, 0.2) is 0 Å². The Bertz CT molecular complexity index is 475. The smallest absolute Gasteiger partial charge is 0.0484 e. The van der Waals surface area contributed by atoms with Crippen LogP contribution in [0.4, 0.5) is 5.69 Å². The first-order chi connectivity index (χ1) is 8.68. The van der Waals surface area contributed by atoms with Crippen molar-refractivity contribution < 1.29 is 0 Å². The van der Waals surface area contributed by atoms with Gasteiger partial charge in [0.05, 0.1) is 0 Å². The van der Waals surface area contributed by atoms with Crippen LogP contribution in [0.15, 0.2) is 48.5 Å². The van der Waals surface area contributed by atoms with E-state index in [0.29, 0.717) is 0 Å². The standard InChI is InChI=1S/C14H14ClN.C2H6/c1-16(2)12-9-7-11(8-10-12)13-5-3-4-6-14(13)15;1-2/h3-10H,1-2H3;1-2H3. The molecule has 0 radical (unpaired) electrons. The highest BCUT2D eigenvalue weighted by molar-refractivity contribution is 6.33. The van der Waals surface area contributed by atoms with Crippen molar-refractivity contribution in [2.24, 2.45) is 0 Å². The van der Waals surface area contributed by atoms with Gasteiger partial charge in [0.1, 0.15) is 0 Å². The fourth-order valence-corrected chi connectivity index (χ4v) is 1.88. The Kier molecular flexibility index (Phi) is 5.73. The zero-order valence-corrected chi connectivity index (χ0v) is 12.2. The first kappa shape index (κ1) is 14.6. The lowest BCUT2D eigenvalue weighted by molar-refractivity contribution is 1.13. The Balaban J connectivity index is 0.000000771. The summed E-state index contributed by atoms with van der Waals surface area (Å²) < 4.78 is 0. The summed E-state index contributed by atoms with van der Waals surface area (Å²) in [4.78, 5) is 2.08. The van der Waals surface area contributed by atoms with Gasteiger partial charge in [-0.25, -0.2) is 0 Å². The molecule has 2 heteroatoms. The Morgan fingerprint density at radius 3 is 1.89 bits per heavy atom. The normalized spacial score (nSPS) is 9.39. The Labute approximate surface area is 115 Å². The summed E-state index contributed by atoms with van der Waals surface area (Å²) in [5.41, 5.74) is 3.42. The minimum atomic E-state index is 0.792. The molecule has 2 aromatic rings. The molecular formula is C16H20ClN. The van der Waals surface area contributed by atoms with Crippen molar-refractivity contribution >= 4 is 17.3 Å². The number of anilines is 1. The zero-order chi connectivity index (χ0) is 13.5. The lowest BCUT2D eigenvalue weighted by atomic mass is 10.1. The van der Waals surface area contributed by atoms with Crippen molar-refractivity contribution in [3.8, 4) is 11.1 Å². The maximum Gasteiger partial charge on any atom is 0.0484 e. The molecule has 0 bridgehead atoms. The molecule has 18 heavy (non-hydrogen) atoms. The second-order valence-electron chi connectivity index (χ2n) is 3.92. The van der Waals surface area contributed by atoms with Crippen LogP contribution in [-0.4, -0.2) is 14.1 Å². The van der Waals surface area contributed by atoms with E-state index in [0.717, 1.165) is 16.1 Å². The fraction of sp³-hybridized carbons (Fsp3) is 0.250. The molecule has 2 aromatic carbocycles. The minimum absolute atomic E-state index is 0.792. The maximum absolute atomic E-state index is 6.15. The first-order valence-electron chi connectivity index (χ1n) is 6.21. The van der Waals surface area contributed by atoms with E-state index in [2.05, 4.69) is 29.2 Å². The number of hydrogen-bond acceptors (Lipinski definition) is 1. The molecule has 2 rings (SSSR count). The van der Waals surface area contributed by atoms with E-state index in [1.54, 1.807) is 0 Å². The predicted octanol–water partition coefficient (Wildman–Crippen LogP) is 5.10. The van der Waals surface area contributed by atoms with E-state index < -0.39 is 0 Å². The summed E-state index contributed by atoms with van der Waals surface area (Å²) in [6.45, 7) is 4.00. The largest absolute Gasteiger partial charge is 0.378 e. The number of hydrogen-bond donors (Lipinski definition) is 0. The van der Waals surface area contributed by atoms with Crippen LogP contribution >= 0.6 is 11.6 Å². The summed E-state index contributed by atoms with van der Waals surface area (Å²) in [5.74, 6) is 0. The van der Waals surface area contributed by atoms with Crippen LogP contribution in [0.2, 0.25) is 5.02 Å². The van der Waals surface area contributed by atoms with Crippen molar-refractivity contribution in [1.82, 2.24) is 0 Å². The van der Waals surface area contributed by atoms with E-state index in [1.165, 1.54) is 5.69 Å². The molecule has 0 heterocycles. The van der Waals surface area contributed by atoms with Gasteiger partial charge in [0.25, 0.3) is 0 Å². The lowest BCUT2D eigenvalue weighted by Crippen LogP contribution is -2.07. The van der Waals surface area contributed by atoms with Gasteiger partial charge < -0.3 is 4.90 Å². The molecule has 0 saturated heterocycles. The number of benzene rings is 2. The van der Waals surface area contributed by atoms with Crippen LogP contribution < -0.4 is 4.90 Å². The van der Waals surface area contributed by atoms with Crippen LogP contribution in [0.1, 0.15) is 13.8 Å². The third-order valence-corrected chi connectivity index (χ3v) is 2.90. The van der Waals surface area contributed by atoms with Gasteiger partial charge in [-0.15, -0.1) is 0 Å². The molecule has 0 aliphatic heterocycles. The average molecular weight is 262 g/mol. The van der Waals surface area contributed by atoms with E-state index >= 15 is 0 Å². The second kappa shape index (κ2) is 7.07. The Morgan fingerprint density at radius 2 is 1.39 bits per heavy atom. The molecule has 0 aliphatic rings. The maximum atomic E-state index is 6.15. The van der Waals surface area contributed by atoms with Crippen molar-refractivity contribution in [1.29, 1.82) is 0 Å². The molecule has 0 fully saturated rings. The lowest BCUT2D eigenvalue weighted by Gasteiger charge is -2.13. The Hall–Kier alpha value is -1.47. The SMILES string of the molecule is CC.CN(C)c1ccc(-c2ccccc2Cl)cc1.